The van der Waals surface area contributed by atoms with Crippen LogP contribution in [0.15, 0.2) is 4.99 Å². The summed E-state index contributed by atoms with van der Waals surface area (Å²) in [6, 6.07) is 0.217. The Morgan fingerprint density at radius 1 is 1.17 bits per heavy atom. The molecule has 1 rings (SSSR count). The summed E-state index contributed by atoms with van der Waals surface area (Å²) in [4.78, 5) is 14.6. The van der Waals surface area contributed by atoms with Crippen molar-refractivity contribution >= 4 is 33.6 Å². The summed E-state index contributed by atoms with van der Waals surface area (Å²) in [5.74, 6) is 0. The van der Waals surface area contributed by atoms with Crippen LogP contribution in [0.5, 0.6) is 0 Å². The molecule has 0 aliphatic heterocycles. The number of carbonyl (C=O) groups excluding carboxylic acids is 1. The van der Waals surface area contributed by atoms with Crippen LogP contribution in [0.4, 0.5) is 0 Å². The van der Waals surface area contributed by atoms with Crippen molar-refractivity contribution in [3.8, 4) is 0 Å². The molecule has 0 bridgehead atoms. The molecular formula is C8H11Cl2NO. The van der Waals surface area contributed by atoms with Crippen LogP contribution in [0, 0.1) is 0 Å². The van der Waals surface area contributed by atoms with Gasteiger partial charge in [-0.15, -0.1) is 0 Å². The van der Waals surface area contributed by atoms with E-state index in [-0.39, 0.29) is 11.2 Å². The van der Waals surface area contributed by atoms with E-state index in [4.69, 9.17) is 23.2 Å². The summed E-state index contributed by atoms with van der Waals surface area (Å²) in [6.07, 6.45) is 5.67. The topological polar surface area (TPSA) is 29.4 Å². The first-order valence-corrected chi connectivity index (χ1v) is 4.89. The minimum Gasteiger partial charge on any atom is -0.273 e. The second-order valence-corrected chi connectivity index (χ2v) is 3.69. The van der Waals surface area contributed by atoms with Crippen molar-refractivity contribution < 1.29 is 4.79 Å². The molecule has 0 atom stereocenters. The summed E-state index contributed by atoms with van der Waals surface area (Å²) in [6.45, 7) is 0. The molecule has 0 saturated heterocycles. The zero-order valence-corrected chi connectivity index (χ0v) is 8.24. The molecule has 2 nitrogen and oxygen atoms in total. The highest BCUT2D eigenvalue weighted by Crippen LogP contribution is 2.20. The molecule has 12 heavy (non-hydrogen) atoms. The van der Waals surface area contributed by atoms with Gasteiger partial charge in [-0.1, -0.05) is 30.9 Å². The van der Waals surface area contributed by atoms with E-state index in [1.165, 1.54) is 19.3 Å². The number of halogens is 2. The Morgan fingerprint density at radius 3 is 2.25 bits per heavy atom. The normalized spacial score (nSPS) is 21.0. The molecule has 1 aliphatic rings. The maximum atomic E-state index is 10.5. The molecule has 0 aromatic heterocycles. The highest BCUT2D eigenvalue weighted by atomic mass is 35.5. The summed E-state index contributed by atoms with van der Waals surface area (Å²) >= 11 is 10.7. The van der Waals surface area contributed by atoms with Crippen molar-refractivity contribution in [2.45, 2.75) is 38.1 Å². The standard InChI is InChI=1S/C8H11Cl2NO/c9-7(8(10)12)11-6-4-2-1-3-5-6/h6H,1-5H2. The van der Waals surface area contributed by atoms with E-state index in [9.17, 15) is 4.79 Å². The average molecular weight is 208 g/mol. The van der Waals surface area contributed by atoms with E-state index in [1.807, 2.05) is 0 Å². The number of hydrogen-bond donors (Lipinski definition) is 0. The fourth-order valence-electron chi connectivity index (χ4n) is 1.42. The largest absolute Gasteiger partial charge is 0.282 e. The number of carbonyl (C=O) groups is 1. The molecular weight excluding hydrogens is 197 g/mol. The fourth-order valence-corrected chi connectivity index (χ4v) is 1.61. The molecule has 1 saturated carbocycles. The second kappa shape index (κ2) is 4.83. The maximum absolute atomic E-state index is 10.5. The summed E-state index contributed by atoms with van der Waals surface area (Å²) in [7, 11) is 0. The van der Waals surface area contributed by atoms with Crippen molar-refractivity contribution in [3.05, 3.63) is 0 Å². The van der Waals surface area contributed by atoms with Crippen LogP contribution < -0.4 is 0 Å². The minimum atomic E-state index is -0.651. The molecule has 0 aromatic rings. The van der Waals surface area contributed by atoms with Crippen LogP contribution in [-0.2, 0) is 4.79 Å². The van der Waals surface area contributed by atoms with Gasteiger partial charge in [0.1, 0.15) is 0 Å². The lowest BCUT2D eigenvalue weighted by Crippen LogP contribution is -2.13. The van der Waals surface area contributed by atoms with Crippen molar-refractivity contribution in [3.63, 3.8) is 0 Å². The van der Waals surface area contributed by atoms with Gasteiger partial charge in [0.05, 0.1) is 6.04 Å². The van der Waals surface area contributed by atoms with E-state index < -0.39 is 5.24 Å². The van der Waals surface area contributed by atoms with Crippen LogP contribution in [0.25, 0.3) is 0 Å². The SMILES string of the molecule is O=C(Cl)C(Cl)=NC1CCCCC1. The summed E-state index contributed by atoms with van der Waals surface area (Å²) < 4.78 is 0. The third-order valence-corrected chi connectivity index (χ3v) is 2.58. The summed E-state index contributed by atoms with van der Waals surface area (Å²) in [5, 5.41) is -0.717. The third-order valence-electron chi connectivity index (χ3n) is 2.03. The number of hydrogen-bond acceptors (Lipinski definition) is 2. The van der Waals surface area contributed by atoms with Gasteiger partial charge in [-0.2, -0.15) is 0 Å². The van der Waals surface area contributed by atoms with Crippen LogP contribution >= 0.6 is 23.2 Å². The van der Waals surface area contributed by atoms with Gasteiger partial charge in [-0.05, 0) is 24.4 Å². The fraction of sp³-hybridized carbons (Fsp3) is 0.750. The van der Waals surface area contributed by atoms with Crippen LogP contribution in [0.1, 0.15) is 32.1 Å². The van der Waals surface area contributed by atoms with Gasteiger partial charge in [-0.3, -0.25) is 9.79 Å². The molecule has 4 heteroatoms. The van der Waals surface area contributed by atoms with E-state index in [0.717, 1.165) is 12.8 Å². The minimum absolute atomic E-state index is 0.0661. The van der Waals surface area contributed by atoms with Gasteiger partial charge in [0.2, 0.25) is 0 Å². The number of rotatable bonds is 2. The maximum Gasteiger partial charge on any atom is 0.282 e. The molecule has 1 aliphatic carbocycles. The van der Waals surface area contributed by atoms with Gasteiger partial charge in [0.15, 0.2) is 5.17 Å². The van der Waals surface area contributed by atoms with Crippen LogP contribution in [0.3, 0.4) is 0 Å². The van der Waals surface area contributed by atoms with Gasteiger partial charge in [-0.25, -0.2) is 0 Å². The monoisotopic (exact) mass is 207 g/mol. The van der Waals surface area contributed by atoms with E-state index >= 15 is 0 Å². The lowest BCUT2D eigenvalue weighted by atomic mass is 9.96. The Morgan fingerprint density at radius 2 is 1.75 bits per heavy atom. The van der Waals surface area contributed by atoms with Crippen LogP contribution in [0.2, 0.25) is 0 Å². The van der Waals surface area contributed by atoms with Crippen molar-refractivity contribution in [2.75, 3.05) is 0 Å². The highest BCUT2D eigenvalue weighted by Gasteiger charge is 2.14. The Bertz CT molecular complexity index is 197. The van der Waals surface area contributed by atoms with Gasteiger partial charge in [0, 0.05) is 0 Å². The highest BCUT2D eigenvalue weighted by molar-refractivity contribution is 6.99. The van der Waals surface area contributed by atoms with Gasteiger partial charge in [0.25, 0.3) is 5.24 Å². The van der Waals surface area contributed by atoms with Crippen molar-refractivity contribution in [2.24, 2.45) is 4.99 Å². The molecule has 1 fully saturated rings. The summed E-state index contributed by atoms with van der Waals surface area (Å²) in [5.41, 5.74) is 0. The Hall–Kier alpha value is -0.0800. The lowest BCUT2D eigenvalue weighted by molar-refractivity contribution is -0.106. The van der Waals surface area contributed by atoms with Crippen molar-refractivity contribution in [1.82, 2.24) is 0 Å². The first-order valence-electron chi connectivity index (χ1n) is 4.13. The molecule has 0 spiro atoms. The Balaban J connectivity index is 2.47. The smallest absolute Gasteiger partial charge is 0.273 e. The molecule has 0 heterocycles. The number of nitrogens with zero attached hydrogens (tertiary/aromatic N) is 1. The van der Waals surface area contributed by atoms with E-state index in [2.05, 4.69) is 4.99 Å². The quantitative estimate of drug-likeness (QED) is 0.506. The molecule has 68 valence electrons. The first kappa shape index (κ1) is 10.0. The first-order chi connectivity index (χ1) is 5.70. The second-order valence-electron chi connectivity index (χ2n) is 2.99. The zero-order valence-electron chi connectivity index (χ0n) is 6.72. The Labute approximate surface area is 82.0 Å². The molecule has 0 radical (unpaired) electrons. The predicted octanol–water partition coefficient (Wildman–Crippen LogP) is 2.72. The molecule has 0 aromatic carbocycles. The van der Waals surface area contributed by atoms with E-state index in [0.29, 0.717) is 0 Å². The van der Waals surface area contributed by atoms with E-state index in [1.54, 1.807) is 0 Å². The van der Waals surface area contributed by atoms with Crippen molar-refractivity contribution in [1.29, 1.82) is 0 Å². The van der Waals surface area contributed by atoms with Gasteiger partial charge < -0.3 is 0 Å². The van der Waals surface area contributed by atoms with Gasteiger partial charge >= 0.3 is 0 Å². The lowest BCUT2D eigenvalue weighted by Gasteiger charge is -2.17. The molecule has 0 amide bonds. The predicted molar refractivity (Wildman–Crippen MR) is 51.0 cm³/mol. The number of aliphatic imine (C=N–C) groups is 1. The zero-order chi connectivity index (χ0) is 8.97. The average Bonchev–Trinajstić information content (AvgIpc) is 2.06. The molecule has 0 N–H and O–H groups in total. The third kappa shape index (κ3) is 3.11. The Kier molecular flexibility index (Phi) is 4.02. The molecule has 0 unspecified atom stereocenters. The van der Waals surface area contributed by atoms with Crippen LogP contribution in [-0.4, -0.2) is 16.5 Å².